The lowest BCUT2D eigenvalue weighted by Crippen LogP contribution is -2.36. The summed E-state index contributed by atoms with van der Waals surface area (Å²) >= 11 is 1.46. The van der Waals surface area contributed by atoms with Gasteiger partial charge in [0.2, 0.25) is 5.91 Å². The van der Waals surface area contributed by atoms with Crippen LogP contribution in [0.1, 0.15) is 41.7 Å². The Bertz CT molecular complexity index is 577. The monoisotopic (exact) mass is 321 g/mol. The lowest BCUT2D eigenvalue weighted by Gasteiger charge is -2.23. The number of nitriles is 1. The van der Waals surface area contributed by atoms with E-state index in [0.29, 0.717) is 23.2 Å². The Kier molecular flexibility index (Phi) is 5.95. The zero-order valence-electron chi connectivity index (χ0n) is 13.2. The van der Waals surface area contributed by atoms with Crippen molar-refractivity contribution in [2.45, 2.75) is 45.6 Å². The largest absolute Gasteiger partial charge is 0.396 e. The molecule has 2 heterocycles. The van der Waals surface area contributed by atoms with Gasteiger partial charge in [-0.15, -0.1) is 11.3 Å². The number of hydrogen-bond acceptors (Lipinski definition) is 5. The van der Waals surface area contributed by atoms with Gasteiger partial charge in [0.15, 0.2) is 0 Å². The molecule has 1 aromatic rings. The van der Waals surface area contributed by atoms with Gasteiger partial charge in [0.25, 0.3) is 0 Å². The molecule has 1 aliphatic rings. The van der Waals surface area contributed by atoms with Crippen LogP contribution in [0.5, 0.6) is 0 Å². The molecule has 1 aromatic heterocycles. The van der Waals surface area contributed by atoms with Crippen LogP contribution in [0.2, 0.25) is 0 Å². The van der Waals surface area contributed by atoms with E-state index in [2.05, 4.69) is 16.3 Å². The molecule has 1 atom stereocenters. The molecule has 6 heteroatoms. The molecule has 1 unspecified atom stereocenters. The number of likely N-dealkylation sites (tertiary alicyclic amines) is 1. The molecule has 2 rings (SSSR count). The molecule has 1 saturated heterocycles. The molecule has 1 amide bonds. The molecule has 0 spiro atoms. The number of rotatable bonds is 6. The summed E-state index contributed by atoms with van der Waals surface area (Å²) in [5, 5.41) is 21.7. The number of hydrogen-bond donors (Lipinski definition) is 2. The van der Waals surface area contributed by atoms with Gasteiger partial charge in [-0.25, -0.2) is 0 Å². The van der Waals surface area contributed by atoms with Gasteiger partial charge in [-0.05, 0) is 51.6 Å². The maximum Gasteiger partial charge on any atom is 0.239 e. The summed E-state index contributed by atoms with van der Waals surface area (Å²) in [6.45, 7) is 5.36. The van der Waals surface area contributed by atoms with E-state index >= 15 is 0 Å². The summed E-state index contributed by atoms with van der Waals surface area (Å²) in [5.41, 5.74) is 1.53. The number of anilines is 1. The predicted molar refractivity (Wildman–Crippen MR) is 88.1 cm³/mol. The molecule has 120 valence electrons. The minimum Gasteiger partial charge on any atom is -0.396 e. The SMILES string of the molecule is Cc1sc(NC(=O)CN2CCCC2CCCO)c(C#N)c1C. The minimum absolute atomic E-state index is 0.0614. The van der Waals surface area contributed by atoms with Gasteiger partial charge in [0.05, 0.1) is 12.1 Å². The molecular formula is C16H23N3O2S. The molecule has 0 saturated carbocycles. The first-order valence-corrected chi connectivity index (χ1v) is 8.53. The van der Waals surface area contributed by atoms with E-state index in [1.807, 2.05) is 13.8 Å². The first kappa shape index (κ1) is 16.9. The van der Waals surface area contributed by atoms with Crippen molar-refractivity contribution < 1.29 is 9.90 Å². The fourth-order valence-electron chi connectivity index (χ4n) is 2.96. The van der Waals surface area contributed by atoms with Crippen LogP contribution < -0.4 is 5.32 Å². The third-order valence-corrected chi connectivity index (χ3v) is 5.41. The van der Waals surface area contributed by atoms with E-state index in [4.69, 9.17) is 5.11 Å². The number of nitrogens with one attached hydrogen (secondary N) is 1. The van der Waals surface area contributed by atoms with Crippen LogP contribution >= 0.6 is 11.3 Å². The van der Waals surface area contributed by atoms with Crippen molar-refractivity contribution in [1.82, 2.24) is 4.90 Å². The number of carbonyl (C=O) groups is 1. The van der Waals surface area contributed by atoms with E-state index in [9.17, 15) is 10.1 Å². The summed E-state index contributed by atoms with van der Waals surface area (Å²) < 4.78 is 0. The van der Waals surface area contributed by atoms with Gasteiger partial charge in [0, 0.05) is 17.5 Å². The molecule has 1 aliphatic heterocycles. The Morgan fingerprint density at radius 3 is 3.00 bits per heavy atom. The zero-order valence-corrected chi connectivity index (χ0v) is 14.0. The highest BCUT2D eigenvalue weighted by Gasteiger charge is 2.26. The number of aryl methyl sites for hydroxylation is 1. The van der Waals surface area contributed by atoms with Crippen LogP contribution in [0, 0.1) is 25.2 Å². The Hall–Kier alpha value is -1.42. The number of thiophene rings is 1. The van der Waals surface area contributed by atoms with E-state index < -0.39 is 0 Å². The van der Waals surface area contributed by atoms with Gasteiger partial charge in [0.1, 0.15) is 11.1 Å². The van der Waals surface area contributed by atoms with Crippen LogP contribution in [0.3, 0.4) is 0 Å². The predicted octanol–water partition coefficient (Wildman–Crippen LogP) is 2.41. The van der Waals surface area contributed by atoms with Crippen molar-refractivity contribution in [3.05, 3.63) is 16.0 Å². The van der Waals surface area contributed by atoms with Crippen LogP contribution in [0.4, 0.5) is 5.00 Å². The molecule has 0 aliphatic carbocycles. The summed E-state index contributed by atoms with van der Waals surface area (Å²) in [6.07, 6.45) is 3.91. The second kappa shape index (κ2) is 7.73. The van der Waals surface area contributed by atoms with E-state index in [-0.39, 0.29) is 12.5 Å². The molecular weight excluding hydrogens is 298 g/mol. The highest BCUT2D eigenvalue weighted by atomic mass is 32.1. The standard InChI is InChI=1S/C16H23N3O2S/c1-11-12(2)22-16(14(11)9-17)18-15(21)10-19-7-3-5-13(19)6-4-8-20/h13,20H,3-8,10H2,1-2H3,(H,18,21). The number of aliphatic hydroxyl groups excluding tert-OH is 1. The Morgan fingerprint density at radius 2 is 2.32 bits per heavy atom. The van der Waals surface area contributed by atoms with Gasteiger partial charge < -0.3 is 10.4 Å². The first-order valence-electron chi connectivity index (χ1n) is 7.71. The minimum atomic E-state index is -0.0614. The van der Waals surface area contributed by atoms with Crippen LogP contribution in [-0.2, 0) is 4.79 Å². The van der Waals surface area contributed by atoms with Crippen molar-refractivity contribution in [1.29, 1.82) is 5.26 Å². The van der Waals surface area contributed by atoms with Gasteiger partial charge >= 0.3 is 0 Å². The second-order valence-corrected chi connectivity index (χ2v) is 7.00. The molecule has 0 radical (unpaired) electrons. The van der Waals surface area contributed by atoms with Gasteiger partial charge in [-0.2, -0.15) is 5.26 Å². The molecule has 2 N–H and O–H groups in total. The number of amides is 1. The van der Waals surface area contributed by atoms with Crippen molar-refractivity contribution >= 4 is 22.2 Å². The maximum atomic E-state index is 12.3. The average molecular weight is 321 g/mol. The summed E-state index contributed by atoms with van der Waals surface area (Å²) in [4.78, 5) is 15.5. The fraction of sp³-hybridized carbons (Fsp3) is 0.625. The van der Waals surface area contributed by atoms with E-state index in [0.717, 1.165) is 42.7 Å². The lowest BCUT2D eigenvalue weighted by atomic mass is 10.1. The summed E-state index contributed by atoms with van der Waals surface area (Å²) in [5.74, 6) is -0.0614. The molecule has 5 nitrogen and oxygen atoms in total. The quantitative estimate of drug-likeness (QED) is 0.843. The Morgan fingerprint density at radius 1 is 1.55 bits per heavy atom. The number of nitrogens with zero attached hydrogens (tertiary/aromatic N) is 2. The Labute approximate surface area is 135 Å². The lowest BCUT2D eigenvalue weighted by molar-refractivity contribution is -0.117. The fourth-order valence-corrected chi connectivity index (χ4v) is 3.98. The van der Waals surface area contributed by atoms with Crippen LogP contribution in [-0.4, -0.2) is 41.7 Å². The molecule has 0 bridgehead atoms. The van der Waals surface area contributed by atoms with Crippen molar-refractivity contribution in [3.63, 3.8) is 0 Å². The maximum absolute atomic E-state index is 12.3. The third kappa shape index (κ3) is 3.86. The topological polar surface area (TPSA) is 76.4 Å². The van der Waals surface area contributed by atoms with Gasteiger partial charge in [-0.3, -0.25) is 9.69 Å². The van der Waals surface area contributed by atoms with Gasteiger partial charge in [-0.1, -0.05) is 0 Å². The second-order valence-electron chi connectivity index (χ2n) is 5.78. The van der Waals surface area contributed by atoms with E-state index in [1.165, 1.54) is 11.3 Å². The highest BCUT2D eigenvalue weighted by molar-refractivity contribution is 7.16. The summed E-state index contributed by atoms with van der Waals surface area (Å²) in [6, 6.07) is 2.56. The summed E-state index contributed by atoms with van der Waals surface area (Å²) in [7, 11) is 0. The van der Waals surface area contributed by atoms with E-state index in [1.54, 1.807) is 0 Å². The number of aliphatic hydroxyl groups is 1. The first-order chi connectivity index (χ1) is 10.6. The Balaban J connectivity index is 1.96. The zero-order chi connectivity index (χ0) is 16.1. The normalized spacial score (nSPS) is 18.4. The van der Waals surface area contributed by atoms with Crippen molar-refractivity contribution in [3.8, 4) is 6.07 Å². The highest BCUT2D eigenvalue weighted by Crippen LogP contribution is 2.31. The van der Waals surface area contributed by atoms with Crippen LogP contribution in [0.15, 0.2) is 0 Å². The van der Waals surface area contributed by atoms with Crippen LogP contribution in [0.25, 0.3) is 0 Å². The van der Waals surface area contributed by atoms with Crippen molar-refractivity contribution in [2.24, 2.45) is 0 Å². The number of carbonyl (C=O) groups excluding carboxylic acids is 1. The molecule has 1 fully saturated rings. The molecule has 22 heavy (non-hydrogen) atoms. The molecule has 0 aromatic carbocycles. The smallest absolute Gasteiger partial charge is 0.239 e. The average Bonchev–Trinajstić information content (AvgIpc) is 3.02. The third-order valence-electron chi connectivity index (χ3n) is 4.29. The van der Waals surface area contributed by atoms with Crippen molar-refractivity contribution in [2.75, 3.05) is 25.0 Å².